The highest BCUT2D eigenvalue weighted by atomic mass is 16.5. The van der Waals surface area contributed by atoms with Crippen LogP contribution < -0.4 is 5.32 Å². The summed E-state index contributed by atoms with van der Waals surface area (Å²) >= 11 is 0. The minimum atomic E-state index is 0.570. The minimum Gasteiger partial charge on any atom is -0.383 e. The molecule has 82 valence electrons. The van der Waals surface area contributed by atoms with Gasteiger partial charge in [0.2, 0.25) is 0 Å². The molecule has 1 N–H and O–H groups in total. The van der Waals surface area contributed by atoms with Crippen LogP contribution in [0.3, 0.4) is 0 Å². The number of fused-ring (bicyclic) bond motifs is 1. The molecule has 14 heavy (non-hydrogen) atoms. The van der Waals surface area contributed by atoms with E-state index in [1.807, 2.05) is 0 Å². The molecule has 3 nitrogen and oxygen atoms in total. The van der Waals surface area contributed by atoms with E-state index in [1.54, 1.807) is 7.11 Å². The lowest BCUT2D eigenvalue weighted by Crippen LogP contribution is -2.41. The van der Waals surface area contributed by atoms with E-state index in [4.69, 9.17) is 4.74 Å². The molecule has 2 heterocycles. The van der Waals surface area contributed by atoms with Gasteiger partial charge in [0.25, 0.3) is 0 Å². The van der Waals surface area contributed by atoms with Crippen LogP contribution in [0.25, 0.3) is 0 Å². The van der Waals surface area contributed by atoms with E-state index in [9.17, 15) is 0 Å². The van der Waals surface area contributed by atoms with Gasteiger partial charge in [-0.15, -0.1) is 0 Å². The molecule has 0 bridgehead atoms. The highest BCUT2D eigenvalue weighted by molar-refractivity contribution is 4.97. The van der Waals surface area contributed by atoms with Gasteiger partial charge in [-0.2, -0.15) is 0 Å². The minimum absolute atomic E-state index is 0.570. The van der Waals surface area contributed by atoms with Crippen LogP contribution in [0.4, 0.5) is 0 Å². The Bertz CT molecular complexity index is 198. The topological polar surface area (TPSA) is 24.5 Å². The number of hydrogen-bond acceptors (Lipinski definition) is 3. The zero-order valence-electron chi connectivity index (χ0n) is 9.49. The lowest BCUT2D eigenvalue weighted by molar-refractivity contribution is 0.0881. The van der Waals surface area contributed by atoms with Crippen molar-refractivity contribution in [3.63, 3.8) is 0 Å². The smallest absolute Gasteiger partial charge is 0.0615 e. The van der Waals surface area contributed by atoms with Crippen molar-refractivity contribution in [1.82, 2.24) is 10.2 Å². The van der Waals surface area contributed by atoms with Gasteiger partial charge in [-0.1, -0.05) is 0 Å². The van der Waals surface area contributed by atoms with Crippen LogP contribution in [0.15, 0.2) is 0 Å². The third kappa shape index (κ3) is 1.69. The molecule has 4 unspecified atom stereocenters. The van der Waals surface area contributed by atoms with E-state index < -0.39 is 0 Å². The molecule has 0 aromatic carbocycles. The first kappa shape index (κ1) is 10.4. The summed E-state index contributed by atoms with van der Waals surface area (Å²) in [7, 11) is 1.79. The highest BCUT2D eigenvalue weighted by Gasteiger charge is 2.42. The summed E-state index contributed by atoms with van der Waals surface area (Å²) in [5.41, 5.74) is 0. The van der Waals surface area contributed by atoms with Crippen molar-refractivity contribution in [3.05, 3.63) is 0 Å². The predicted octanol–water partition coefficient (Wildman–Crippen LogP) is 0.561. The van der Waals surface area contributed by atoms with Gasteiger partial charge in [-0.3, -0.25) is 4.90 Å². The molecule has 2 fully saturated rings. The molecule has 0 aromatic heterocycles. The van der Waals surface area contributed by atoms with E-state index in [2.05, 4.69) is 24.1 Å². The number of hydrogen-bond donors (Lipinski definition) is 1. The van der Waals surface area contributed by atoms with Gasteiger partial charge in [0.1, 0.15) is 0 Å². The second-order valence-electron chi connectivity index (χ2n) is 4.82. The maximum absolute atomic E-state index is 5.23. The van der Waals surface area contributed by atoms with Crippen LogP contribution in [0.5, 0.6) is 0 Å². The molecule has 3 heteroatoms. The molecule has 0 aromatic rings. The molecule has 4 atom stereocenters. The Balaban J connectivity index is 1.95. The summed E-state index contributed by atoms with van der Waals surface area (Å²) in [4.78, 5) is 2.61. The molecule has 0 radical (unpaired) electrons. The van der Waals surface area contributed by atoms with Crippen molar-refractivity contribution in [2.24, 2.45) is 11.8 Å². The summed E-state index contributed by atoms with van der Waals surface area (Å²) in [6, 6.07) is 1.29. The van der Waals surface area contributed by atoms with Gasteiger partial charge in [0.05, 0.1) is 6.61 Å². The zero-order chi connectivity index (χ0) is 10.1. The van der Waals surface area contributed by atoms with Crippen molar-refractivity contribution in [2.75, 3.05) is 33.4 Å². The highest BCUT2D eigenvalue weighted by Crippen LogP contribution is 2.33. The summed E-state index contributed by atoms with van der Waals surface area (Å²) in [6.45, 7) is 9.17. The van der Waals surface area contributed by atoms with Crippen molar-refractivity contribution in [1.29, 1.82) is 0 Å². The number of nitrogens with zero attached hydrogens (tertiary/aromatic N) is 1. The SMILES string of the molecule is COCC(C)N1CC2CNCC2C1C. The number of likely N-dealkylation sites (tertiary alicyclic amines) is 1. The van der Waals surface area contributed by atoms with Crippen molar-refractivity contribution in [3.8, 4) is 0 Å². The molecule has 0 amide bonds. The second-order valence-corrected chi connectivity index (χ2v) is 4.82. The van der Waals surface area contributed by atoms with Crippen LogP contribution in [0.2, 0.25) is 0 Å². The van der Waals surface area contributed by atoms with Gasteiger partial charge in [-0.25, -0.2) is 0 Å². The third-order valence-electron chi connectivity index (χ3n) is 3.95. The largest absolute Gasteiger partial charge is 0.383 e. The van der Waals surface area contributed by atoms with E-state index in [0.29, 0.717) is 6.04 Å². The average Bonchev–Trinajstić information content (AvgIpc) is 2.69. The molecular weight excluding hydrogens is 176 g/mol. The fourth-order valence-electron chi connectivity index (χ4n) is 3.12. The van der Waals surface area contributed by atoms with Crippen LogP contribution >= 0.6 is 0 Å². The number of rotatable bonds is 3. The number of nitrogens with one attached hydrogen (secondary N) is 1. The van der Waals surface area contributed by atoms with Gasteiger partial charge in [0, 0.05) is 25.7 Å². The Labute approximate surface area is 86.8 Å². The molecule has 0 saturated carbocycles. The summed E-state index contributed by atoms with van der Waals surface area (Å²) in [5.74, 6) is 1.75. The second kappa shape index (κ2) is 4.17. The number of methoxy groups -OCH3 is 1. The Morgan fingerprint density at radius 3 is 2.93 bits per heavy atom. The zero-order valence-corrected chi connectivity index (χ0v) is 9.49. The van der Waals surface area contributed by atoms with Crippen molar-refractivity contribution in [2.45, 2.75) is 25.9 Å². The molecule has 2 saturated heterocycles. The Hall–Kier alpha value is -0.120. The molecule has 2 aliphatic heterocycles. The Morgan fingerprint density at radius 2 is 2.29 bits per heavy atom. The summed E-state index contributed by atoms with van der Waals surface area (Å²) < 4.78 is 5.23. The maximum Gasteiger partial charge on any atom is 0.0615 e. The van der Waals surface area contributed by atoms with E-state index in [0.717, 1.165) is 24.5 Å². The first-order chi connectivity index (χ1) is 6.74. The van der Waals surface area contributed by atoms with Gasteiger partial charge >= 0.3 is 0 Å². The van der Waals surface area contributed by atoms with Crippen molar-refractivity contribution >= 4 is 0 Å². The van der Waals surface area contributed by atoms with E-state index in [-0.39, 0.29) is 0 Å². The Kier molecular flexibility index (Phi) is 3.10. The van der Waals surface area contributed by atoms with Gasteiger partial charge in [-0.05, 0) is 38.8 Å². The lowest BCUT2D eigenvalue weighted by atomic mass is 9.95. The quantitative estimate of drug-likeness (QED) is 0.717. The average molecular weight is 198 g/mol. The van der Waals surface area contributed by atoms with E-state index in [1.165, 1.54) is 19.6 Å². The molecule has 2 rings (SSSR count). The van der Waals surface area contributed by atoms with Crippen molar-refractivity contribution < 1.29 is 4.74 Å². The van der Waals surface area contributed by atoms with Crippen LogP contribution in [0.1, 0.15) is 13.8 Å². The Morgan fingerprint density at radius 1 is 1.50 bits per heavy atom. The maximum atomic E-state index is 5.23. The molecule has 0 spiro atoms. The van der Waals surface area contributed by atoms with Crippen LogP contribution in [-0.2, 0) is 4.74 Å². The fraction of sp³-hybridized carbons (Fsp3) is 1.00. The van der Waals surface area contributed by atoms with Crippen LogP contribution in [-0.4, -0.2) is 50.3 Å². The number of ether oxygens (including phenoxy) is 1. The van der Waals surface area contributed by atoms with E-state index >= 15 is 0 Å². The predicted molar refractivity (Wildman–Crippen MR) is 57.4 cm³/mol. The standard InChI is InChI=1S/C11H22N2O/c1-8(7-14-3)13-6-10-4-12-5-11(10)9(13)2/h8-12H,4-7H2,1-3H3. The molecule has 2 aliphatic rings. The monoisotopic (exact) mass is 198 g/mol. The third-order valence-corrected chi connectivity index (χ3v) is 3.95. The normalized spacial score (nSPS) is 40.1. The lowest BCUT2D eigenvalue weighted by Gasteiger charge is -2.30. The first-order valence-corrected chi connectivity index (χ1v) is 5.69. The summed E-state index contributed by atoms with van der Waals surface area (Å²) in [5, 5.41) is 3.49. The van der Waals surface area contributed by atoms with Gasteiger partial charge in [0.15, 0.2) is 0 Å². The molecule has 0 aliphatic carbocycles. The van der Waals surface area contributed by atoms with Crippen LogP contribution in [0, 0.1) is 11.8 Å². The fourth-order valence-corrected chi connectivity index (χ4v) is 3.12. The summed E-state index contributed by atoms with van der Waals surface area (Å²) in [6.07, 6.45) is 0. The van der Waals surface area contributed by atoms with Gasteiger partial charge < -0.3 is 10.1 Å². The first-order valence-electron chi connectivity index (χ1n) is 5.69. The molecular formula is C11H22N2O.